The number of hydrogen-bond acceptors (Lipinski definition) is 6. The number of alkyl halides is 6. The smallest absolute Gasteiger partial charge is 0.327 e. The zero-order valence-corrected chi connectivity index (χ0v) is 19.4. The number of hydroxylamine groups is 2. The van der Waals surface area contributed by atoms with Crippen LogP contribution in [0.1, 0.15) is 18.4 Å². The van der Waals surface area contributed by atoms with Crippen molar-refractivity contribution in [2.75, 3.05) is 4.90 Å². The molecule has 0 N–H and O–H groups in total. The van der Waals surface area contributed by atoms with Gasteiger partial charge in [-0.15, -0.1) is 5.06 Å². The van der Waals surface area contributed by atoms with Crippen molar-refractivity contribution in [2.45, 2.75) is 35.5 Å². The summed E-state index contributed by atoms with van der Waals surface area (Å²) in [6.45, 7) is 1.46. The van der Waals surface area contributed by atoms with Crippen LogP contribution < -0.4 is 4.90 Å². The summed E-state index contributed by atoms with van der Waals surface area (Å²) in [5.74, 6) is -4.75. The molecule has 2 atom stereocenters. The lowest BCUT2D eigenvalue weighted by Gasteiger charge is -2.26. The van der Waals surface area contributed by atoms with Gasteiger partial charge in [0, 0.05) is 22.4 Å². The van der Waals surface area contributed by atoms with Crippen LogP contribution in [0.25, 0.3) is 10.9 Å². The second-order valence-corrected chi connectivity index (χ2v) is 8.99. The van der Waals surface area contributed by atoms with Gasteiger partial charge in [0.15, 0.2) is 6.04 Å². The molecule has 0 aliphatic carbocycles. The number of hydrogen-bond donors (Lipinski definition) is 0. The number of rotatable bonds is 5. The van der Waals surface area contributed by atoms with Crippen molar-refractivity contribution in [1.82, 2.24) is 10.0 Å². The number of nitrogens with zero attached hydrogens (tertiary/aromatic N) is 3. The molecule has 1 aliphatic heterocycles. The van der Waals surface area contributed by atoms with Crippen molar-refractivity contribution < 1.29 is 45.6 Å². The third kappa shape index (κ3) is 5.33. The van der Waals surface area contributed by atoms with Gasteiger partial charge in [0.05, 0.1) is 11.2 Å². The van der Waals surface area contributed by atoms with E-state index in [4.69, 9.17) is 0 Å². The fourth-order valence-corrected chi connectivity index (χ4v) is 4.46. The summed E-state index contributed by atoms with van der Waals surface area (Å²) in [5, 5.41) is 0.600. The lowest BCUT2D eigenvalue weighted by atomic mass is 9.90. The molecule has 0 radical (unpaired) electrons. The van der Waals surface area contributed by atoms with Crippen LogP contribution >= 0.6 is 11.8 Å². The van der Waals surface area contributed by atoms with E-state index in [2.05, 4.69) is 9.82 Å². The highest BCUT2D eigenvalue weighted by Crippen LogP contribution is 2.39. The van der Waals surface area contributed by atoms with E-state index in [-0.39, 0.29) is 15.6 Å². The van der Waals surface area contributed by atoms with E-state index < -0.39 is 53.3 Å². The van der Waals surface area contributed by atoms with Crippen molar-refractivity contribution in [3.63, 3.8) is 0 Å². The van der Waals surface area contributed by atoms with Crippen LogP contribution in [-0.2, 0) is 14.4 Å². The maximum atomic E-state index is 13.4. The minimum Gasteiger partial charge on any atom is -0.327 e. The highest BCUT2D eigenvalue weighted by Gasteiger charge is 2.54. The van der Waals surface area contributed by atoms with Gasteiger partial charge in [-0.1, -0.05) is 25.1 Å². The van der Waals surface area contributed by atoms with Crippen LogP contribution in [0, 0.1) is 0 Å². The molecule has 0 bridgehead atoms. The summed E-state index contributed by atoms with van der Waals surface area (Å²) in [4.78, 5) is 46.9. The van der Waals surface area contributed by atoms with Gasteiger partial charge >= 0.3 is 23.7 Å². The van der Waals surface area contributed by atoms with Gasteiger partial charge in [0.2, 0.25) is 0 Å². The Bertz CT molecular complexity index is 1360. The number of para-hydroxylation sites is 1. The number of aromatic nitrogens is 1. The Balaban J connectivity index is 1.74. The summed E-state index contributed by atoms with van der Waals surface area (Å²) >= 11 is -0.430. The van der Waals surface area contributed by atoms with E-state index in [0.29, 0.717) is 21.4 Å². The standard InChI is InChI=1S/C23H15F6N3O4S/c1-12(15-10-11-30-17-5-3-2-4-16(15)17)18-19(33)31(21(35)32(18)36-20(34)22(24,25)26)13-6-8-14(9-7-13)37-23(27,28)29/h2-12,18H,1H3/t12-,18-/m0/s1. The quantitative estimate of drug-likeness (QED) is 0.230. The van der Waals surface area contributed by atoms with Gasteiger partial charge in [-0.25, -0.2) is 14.5 Å². The average Bonchev–Trinajstić information content (AvgIpc) is 3.06. The van der Waals surface area contributed by atoms with Crippen LogP contribution in [-0.4, -0.2) is 45.7 Å². The third-order valence-corrected chi connectivity index (χ3v) is 6.23. The second kappa shape index (κ2) is 9.57. The number of pyridine rings is 1. The maximum Gasteiger partial charge on any atom is 0.493 e. The van der Waals surface area contributed by atoms with Crippen molar-refractivity contribution in [1.29, 1.82) is 0 Å². The number of fused-ring (bicyclic) bond motifs is 1. The van der Waals surface area contributed by atoms with E-state index in [1.165, 1.54) is 19.2 Å². The summed E-state index contributed by atoms with van der Waals surface area (Å²) in [5.41, 5.74) is -3.86. The van der Waals surface area contributed by atoms with Gasteiger partial charge in [0.25, 0.3) is 5.91 Å². The first kappa shape index (κ1) is 26.3. The topological polar surface area (TPSA) is 79.8 Å². The molecule has 4 rings (SSSR count). The number of halogens is 6. The molecule has 2 heterocycles. The lowest BCUT2D eigenvalue weighted by molar-refractivity contribution is -0.231. The minimum atomic E-state index is -5.47. The Hall–Kier alpha value is -3.81. The minimum absolute atomic E-state index is 0.0520. The van der Waals surface area contributed by atoms with E-state index in [1.54, 1.807) is 24.3 Å². The molecule has 1 fully saturated rings. The van der Waals surface area contributed by atoms with Crippen molar-refractivity contribution >= 4 is 46.3 Å². The van der Waals surface area contributed by atoms with Crippen molar-refractivity contribution in [2.24, 2.45) is 0 Å². The van der Waals surface area contributed by atoms with Crippen LogP contribution in [0.15, 0.2) is 65.7 Å². The molecule has 0 spiro atoms. The molecule has 1 saturated heterocycles. The summed E-state index contributed by atoms with van der Waals surface area (Å²) in [6.07, 6.45) is -4.05. The normalized spacial score (nSPS) is 17.4. The largest absolute Gasteiger partial charge is 0.493 e. The summed E-state index contributed by atoms with van der Waals surface area (Å²) in [6, 6.07) is 9.15. The Labute approximate surface area is 208 Å². The van der Waals surface area contributed by atoms with Gasteiger partial charge in [-0.3, -0.25) is 9.78 Å². The van der Waals surface area contributed by atoms with Gasteiger partial charge in [-0.05, 0) is 53.7 Å². The first-order valence-corrected chi connectivity index (χ1v) is 11.3. The molecular weight excluding hydrogens is 528 g/mol. The van der Waals surface area contributed by atoms with E-state index in [1.807, 2.05) is 0 Å². The number of carbonyl (C=O) groups is 3. The average molecular weight is 543 g/mol. The van der Waals surface area contributed by atoms with Crippen LogP contribution in [0.3, 0.4) is 0 Å². The molecule has 194 valence electrons. The number of benzene rings is 2. The molecule has 0 saturated carbocycles. The van der Waals surface area contributed by atoms with E-state index in [0.717, 1.165) is 24.3 Å². The monoisotopic (exact) mass is 543 g/mol. The second-order valence-electron chi connectivity index (χ2n) is 7.85. The zero-order valence-electron chi connectivity index (χ0n) is 18.6. The maximum absolute atomic E-state index is 13.4. The molecule has 0 unspecified atom stereocenters. The third-order valence-electron chi connectivity index (χ3n) is 5.49. The molecule has 7 nitrogen and oxygen atoms in total. The Kier molecular flexibility index (Phi) is 6.79. The molecule has 1 aliphatic rings. The zero-order chi connectivity index (χ0) is 27.1. The van der Waals surface area contributed by atoms with Crippen molar-refractivity contribution in [3.8, 4) is 0 Å². The molecule has 14 heteroatoms. The highest BCUT2D eigenvalue weighted by molar-refractivity contribution is 8.00. The Morgan fingerprint density at radius 2 is 1.65 bits per heavy atom. The predicted molar refractivity (Wildman–Crippen MR) is 119 cm³/mol. The van der Waals surface area contributed by atoms with Crippen LogP contribution in [0.4, 0.5) is 36.8 Å². The fourth-order valence-electron chi connectivity index (χ4n) is 3.92. The van der Waals surface area contributed by atoms with E-state index >= 15 is 0 Å². The fraction of sp³-hybridized carbons (Fsp3) is 0.217. The lowest BCUT2D eigenvalue weighted by Crippen LogP contribution is -2.43. The number of thioether (sulfide) groups is 1. The first-order valence-electron chi connectivity index (χ1n) is 10.4. The summed E-state index contributed by atoms with van der Waals surface area (Å²) < 4.78 is 76.8. The number of anilines is 1. The molecule has 3 amide bonds. The molecular formula is C23H15F6N3O4S. The Morgan fingerprint density at radius 3 is 2.27 bits per heavy atom. The highest BCUT2D eigenvalue weighted by atomic mass is 32.2. The number of urea groups is 1. The van der Waals surface area contributed by atoms with Gasteiger partial charge in [0.1, 0.15) is 0 Å². The van der Waals surface area contributed by atoms with Gasteiger partial charge in [-0.2, -0.15) is 26.3 Å². The SMILES string of the molecule is C[C@@H](c1ccnc2ccccc12)[C@H]1C(=O)N(c2ccc(SC(F)(F)F)cc2)C(=O)N1OC(=O)C(F)(F)F. The number of amides is 3. The number of imide groups is 1. The number of carbonyl (C=O) groups excluding carboxylic acids is 3. The van der Waals surface area contributed by atoms with E-state index in [9.17, 15) is 40.7 Å². The molecule has 2 aromatic carbocycles. The Morgan fingerprint density at radius 1 is 1.00 bits per heavy atom. The van der Waals surface area contributed by atoms with Crippen LogP contribution in [0.5, 0.6) is 0 Å². The van der Waals surface area contributed by atoms with Gasteiger partial charge < -0.3 is 4.84 Å². The molecule has 3 aromatic rings. The molecule has 1 aromatic heterocycles. The summed E-state index contributed by atoms with van der Waals surface area (Å²) in [7, 11) is 0. The first-order chi connectivity index (χ1) is 17.3. The predicted octanol–water partition coefficient (Wildman–Crippen LogP) is 5.81. The molecule has 37 heavy (non-hydrogen) atoms. The van der Waals surface area contributed by atoms with Crippen molar-refractivity contribution in [3.05, 3.63) is 66.4 Å². The van der Waals surface area contributed by atoms with Crippen LogP contribution in [0.2, 0.25) is 0 Å².